The Bertz CT molecular complexity index is 693. The Labute approximate surface area is 276 Å². The molecule has 0 aliphatic carbocycles. The molecule has 3 heteroatoms. The van der Waals surface area contributed by atoms with Crippen LogP contribution in [0.5, 0.6) is 0 Å². The topological polar surface area (TPSA) is 29.5 Å². The van der Waals surface area contributed by atoms with E-state index in [0.717, 1.165) is 77.2 Å². The number of carbonyl (C=O) groups is 1. The van der Waals surface area contributed by atoms with Crippen molar-refractivity contribution in [3.05, 3.63) is 48.6 Å². The van der Waals surface area contributed by atoms with Crippen molar-refractivity contribution < 1.29 is 9.53 Å². The van der Waals surface area contributed by atoms with Gasteiger partial charge in [-0.15, -0.1) is 0 Å². The van der Waals surface area contributed by atoms with Crippen LogP contribution in [0.15, 0.2) is 48.6 Å². The average Bonchev–Trinajstić information content (AvgIpc) is 3.00. The second kappa shape index (κ2) is 32.8. The minimum atomic E-state index is 0.00800. The molecule has 0 aromatic carbocycles. The van der Waals surface area contributed by atoms with Crippen LogP contribution in [0.3, 0.4) is 0 Å². The van der Waals surface area contributed by atoms with Crippen LogP contribution in [0.1, 0.15) is 169 Å². The number of esters is 1. The molecule has 1 atom stereocenters. The lowest BCUT2D eigenvalue weighted by atomic mass is 9.83. The maximum Gasteiger partial charge on any atom is 0.306 e. The molecule has 0 radical (unpaired) electrons. The Morgan fingerprint density at radius 3 is 1.55 bits per heavy atom. The number of unbranched alkanes of at least 4 members (excludes halogenated alkanes) is 7. The summed E-state index contributed by atoms with van der Waals surface area (Å²) in [6.45, 7) is 9.97. The van der Waals surface area contributed by atoms with E-state index in [1.807, 2.05) is 0 Å². The van der Waals surface area contributed by atoms with Gasteiger partial charge in [-0.05, 0) is 142 Å². The predicted octanol–water partition coefficient (Wildman–Crippen LogP) is 12.6. The van der Waals surface area contributed by atoms with Crippen molar-refractivity contribution in [2.24, 2.45) is 11.8 Å². The number of ether oxygens (including phenoxy) is 1. The van der Waals surface area contributed by atoms with Gasteiger partial charge in [-0.1, -0.05) is 102 Å². The Balaban J connectivity index is 5.76. The Hall–Kier alpha value is -1.61. The molecule has 0 aromatic rings. The highest BCUT2D eigenvalue weighted by Gasteiger charge is 2.27. The Morgan fingerprint density at radius 1 is 0.591 bits per heavy atom. The van der Waals surface area contributed by atoms with Gasteiger partial charge in [0.2, 0.25) is 0 Å². The molecule has 3 nitrogen and oxygen atoms in total. The number of allylic oxidation sites excluding steroid dienone is 8. The molecule has 0 aromatic heterocycles. The first-order valence-electron chi connectivity index (χ1n) is 18.9. The molecule has 44 heavy (non-hydrogen) atoms. The summed E-state index contributed by atoms with van der Waals surface area (Å²) in [5.74, 6) is 0.988. The molecule has 0 rings (SSSR count). The van der Waals surface area contributed by atoms with E-state index >= 15 is 0 Å². The van der Waals surface area contributed by atoms with Crippen molar-refractivity contribution in [2.45, 2.75) is 175 Å². The second-order valence-corrected chi connectivity index (χ2v) is 13.2. The third-order valence-corrected chi connectivity index (χ3v) is 8.59. The molecule has 0 saturated heterocycles. The molecule has 0 saturated carbocycles. The van der Waals surface area contributed by atoms with Crippen LogP contribution < -0.4 is 0 Å². The minimum Gasteiger partial charge on any atom is -0.462 e. The highest BCUT2D eigenvalue weighted by molar-refractivity contribution is 5.69. The van der Waals surface area contributed by atoms with E-state index in [1.54, 1.807) is 0 Å². The van der Waals surface area contributed by atoms with Gasteiger partial charge in [-0.3, -0.25) is 4.79 Å². The van der Waals surface area contributed by atoms with Crippen molar-refractivity contribution in [1.29, 1.82) is 0 Å². The smallest absolute Gasteiger partial charge is 0.306 e. The minimum absolute atomic E-state index is 0.00800. The fourth-order valence-electron chi connectivity index (χ4n) is 5.84. The highest BCUT2D eigenvalue weighted by Crippen LogP contribution is 2.31. The summed E-state index contributed by atoms with van der Waals surface area (Å²) >= 11 is 0. The molecule has 256 valence electrons. The third kappa shape index (κ3) is 27.9. The number of nitrogens with zero attached hydrogens (tertiary/aromatic N) is 1. The lowest BCUT2D eigenvalue weighted by molar-refractivity contribution is -0.153. The molecule has 0 aliphatic rings. The van der Waals surface area contributed by atoms with E-state index in [9.17, 15) is 4.79 Å². The summed E-state index contributed by atoms with van der Waals surface area (Å²) in [6.07, 6.45) is 43.6. The molecule has 1 unspecified atom stereocenters. The Kier molecular flexibility index (Phi) is 31.6. The van der Waals surface area contributed by atoms with Crippen LogP contribution >= 0.6 is 0 Å². The van der Waals surface area contributed by atoms with Crippen LogP contribution in [0.25, 0.3) is 0 Å². The van der Waals surface area contributed by atoms with Crippen LogP contribution in [0.4, 0.5) is 0 Å². The van der Waals surface area contributed by atoms with Crippen LogP contribution in [0.2, 0.25) is 0 Å². The number of rotatable bonds is 31. The molecule has 0 bridgehead atoms. The highest BCUT2D eigenvalue weighted by atomic mass is 16.5. The van der Waals surface area contributed by atoms with Gasteiger partial charge in [-0.2, -0.15) is 0 Å². The zero-order chi connectivity index (χ0) is 32.5. The maximum atomic E-state index is 13.2. The van der Waals surface area contributed by atoms with Crippen molar-refractivity contribution in [3.8, 4) is 0 Å². The molecule has 0 aliphatic heterocycles. The summed E-state index contributed by atoms with van der Waals surface area (Å²) in [4.78, 5) is 15.4. The van der Waals surface area contributed by atoms with Gasteiger partial charge in [0.15, 0.2) is 0 Å². The summed E-state index contributed by atoms with van der Waals surface area (Å²) in [5.41, 5.74) is 0. The zero-order valence-electron chi connectivity index (χ0n) is 30.4. The SMILES string of the molecule is CCC=CCCC(CCC=CCC)CC(OC(=O)CCCCN(C)C)C(CCC=CCCCCC)CCC=CCCCCC. The van der Waals surface area contributed by atoms with E-state index in [-0.39, 0.29) is 12.1 Å². The van der Waals surface area contributed by atoms with E-state index in [2.05, 4.69) is 95.3 Å². The molecular weight excluding hydrogens is 538 g/mol. The first kappa shape index (κ1) is 42.4. The van der Waals surface area contributed by atoms with Crippen molar-refractivity contribution in [3.63, 3.8) is 0 Å². The molecular formula is C41H75NO2. The summed E-state index contributed by atoms with van der Waals surface area (Å²) in [5, 5.41) is 0. The van der Waals surface area contributed by atoms with Gasteiger partial charge in [0.25, 0.3) is 0 Å². The fourth-order valence-corrected chi connectivity index (χ4v) is 5.84. The van der Waals surface area contributed by atoms with E-state index in [1.165, 1.54) is 64.2 Å². The lowest BCUT2D eigenvalue weighted by Crippen LogP contribution is -2.30. The number of hydrogen-bond acceptors (Lipinski definition) is 3. The number of hydrogen-bond donors (Lipinski definition) is 0. The van der Waals surface area contributed by atoms with E-state index < -0.39 is 0 Å². The standard InChI is InChI=1S/C41H75NO2/c1-7-11-15-19-21-23-27-33-39(34-28-24-22-20-16-12-8-2)40(44-41(43)35-29-30-36-42(5)6)37-38(31-25-17-13-9-3)32-26-18-14-10-4/h13-14,17-18,21-24,38-40H,7-12,15-16,19-20,25-37H2,1-6H3. The summed E-state index contributed by atoms with van der Waals surface area (Å²) in [6, 6.07) is 0. The van der Waals surface area contributed by atoms with Crippen LogP contribution in [-0.2, 0) is 9.53 Å². The van der Waals surface area contributed by atoms with Crippen molar-refractivity contribution in [1.82, 2.24) is 4.90 Å². The third-order valence-electron chi connectivity index (χ3n) is 8.59. The maximum absolute atomic E-state index is 13.2. The summed E-state index contributed by atoms with van der Waals surface area (Å²) < 4.78 is 6.49. The van der Waals surface area contributed by atoms with Crippen molar-refractivity contribution in [2.75, 3.05) is 20.6 Å². The van der Waals surface area contributed by atoms with Gasteiger partial charge in [-0.25, -0.2) is 0 Å². The molecule has 0 spiro atoms. The first-order valence-corrected chi connectivity index (χ1v) is 18.9. The van der Waals surface area contributed by atoms with E-state index in [0.29, 0.717) is 18.3 Å². The van der Waals surface area contributed by atoms with Gasteiger partial charge >= 0.3 is 5.97 Å². The molecule has 0 fully saturated rings. The van der Waals surface area contributed by atoms with Crippen molar-refractivity contribution >= 4 is 5.97 Å². The zero-order valence-corrected chi connectivity index (χ0v) is 30.4. The van der Waals surface area contributed by atoms with Crippen LogP contribution in [0, 0.1) is 11.8 Å². The predicted molar refractivity (Wildman–Crippen MR) is 196 cm³/mol. The Morgan fingerprint density at radius 2 is 1.07 bits per heavy atom. The monoisotopic (exact) mass is 614 g/mol. The van der Waals surface area contributed by atoms with Crippen LogP contribution in [-0.4, -0.2) is 37.6 Å². The number of carbonyl (C=O) groups excluding carboxylic acids is 1. The summed E-state index contributed by atoms with van der Waals surface area (Å²) in [7, 11) is 4.20. The fraction of sp³-hybridized carbons (Fsp3) is 0.780. The van der Waals surface area contributed by atoms with Gasteiger partial charge in [0, 0.05) is 6.42 Å². The van der Waals surface area contributed by atoms with E-state index in [4.69, 9.17) is 4.74 Å². The second-order valence-electron chi connectivity index (χ2n) is 13.2. The molecule has 0 N–H and O–H groups in total. The van der Waals surface area contributed by atoms with Gasteiger partial charge in [0.05, 0.1) is 0 Å². The van der Waals surface area contributed by atoms with Gasteiger partial charge < -0.3 is 9.64 Å². The molecule has 0 amide bonds. The molecule has 0 heterocycles. The first-order chi connectivity index (χ1) is 21.5. The average molecular weight is 614 g/mol. The largest absolute Gasteiger partial charge is 0.462 e. The van der Waals surface area contributed by atoms with Gasteiger partial charge in [0.1, 0.15) is 6.10 Å². The lowest BCUT2D eigenvalue weighted by Gasteiger charge is -2.30. The quantitative estimate of drug-likeness (QED) is 0.0442. The normalized spacial score (nSPS) is 14.5.